The van der Waals surface area contributed by atoms with E-state index in [1.807, 2.05) is 0 Å². The molecule has 0 aliphatic carbocycles. The molecule has 3 nitrogen and oxygen atoms in total. The lowest BCUT2D eigenvalue weighted by molar-refractivity contribution is -0.143. The van der Waals surface area contributed by atoms with Gasteiger partial charge in [0.05, 0.1) is 19.1 Å². The second-order valence-electron chi connectivity index (χ2n) is 4.13. The summed E-state index contributed by atoms with van der Waals surface area (Å²) in [5, 5.41) is 0. The van der Waals surface area contributed by atoms with Crippen LogP contribution >= 0.6 is 0 Å². The molecule has 0 rings (SSSR count). The van der Waals surface area contributed by atoms with Crippen molar-refractivity contribution in [1.29, 1.82) is 0 Å². The number of carbonyl (C=O) groups is 1. The normalized spacial score (nSPS) is 12.6. The molecule has 1 atom stereocenters. The molecule has 0 fully saturated rings. The van der Waals surface area contributed by atoms with Crippen LogP contribution in [0.4, 0.5) is 0 Å². The molecule has 0 saturated carbocycles. The van der Waals surface area contributed by atoms with Gasteiger partial charge >= 0.3 is 5.97 Å². The molecule has 4 heteroatoms. The molecular formula is C10H19NO2Si. The summed E-state index contributed by atoms with van der Waals surface area (Å²) >= 11 is 0. The van der Waals surface area contributed by atoms with Crippen molar-refractivity contribution in [3.63, 3.8) is 0 Å². The highest BCUT2D eigenvalue weighted by Gasteiger charge is 2.10. The second-order valence-corrected chi connectivity index (χ2v) is 8.88. The van der Waals surface area contributed by atoms with E-state index in [2.05, 4.69) is 31.1 Å². The van der Waals surface area contributed by atoms with Crippen molar-refractivity contribution < 1.29 is 9.53 Å². The molecule has 0 aromatic rings. The van der Waals surface area contributed by atoms with Gasteiger partial charge in [-0.15, -0.1) is 5.54 Å². The van der Waals surface area contributed by atoms with Gasteiger partial charge < -0.3 is 10.5 Å². The lowest BCUT2D eigenvalue weighted by atomic mass is 10.2. The Morgan fingerprint density at radius 2 is 2.07 bits per heavy atom. The minimum Gasteiger partial charge on any atom is -0.466 e. The molecular weight excluding hydrogens is 194 g/mol. The molecule has 0 amide bonds. The molecule has 0 bridgehead atoms. The quantitative estimate of drug-likeness (QED) is 0.434. The standard InChI is InChI=1S/C10H19NO2Si/c1-5-13-10(12)8-9(11)6-7-14(2,3)4/h9H,5,8,11H2,1-4H3. The molecule has 0 aliphatic heterocycles. The Bertz CT molecular complexity index is 247. The third-order valence-corrected chi connectivity index (χ3v) is 2.22. The number of ether oxygens (including phenoxy) is 1. The van der Waals surface area contributed by atoms with Crippen molar-refractivity contribution in [3.8, 4) is 11.5 Å². The van der Waals surface area contributed by atoms with Crippen LogP contribution in [0.3, 0.4) is 0 Å². The van der Waals surface area contributed by atoms with E-state index in [4.69, 9.17) is 10.5 Å². The molecule has 2 N–H and O–H groups in total. The van der Waals surface area contributed by atoms with E-state index in [1.54, 1.807) is 6.92 Å². The van der Waals surface area contributed by atoms with E-state index < -0.39 is 8.07 Å². The smallest absolute Gasteiger partial charge is 0.308 e. The van der Waals surface area contributed by atoms with Crippen molar-refractivity contribution in [3.05, 3.63) is 0 Å². The summed E-state index contributed by atoms with van der Waals surface area (Å²) in [5.41, 5.74) is 8.79. The van der Waals surface area contributed by atoms with Crippen LogP contribution < -0.4 is 5.73 Å². The Kier molecular flexibility index (Phi) is 5.51. The first-order chi connectivity index (χ1) is 6.35. The molecule has 0 aliphatic rings. The van der Waals surface area contributed by atoms with Gasteiger partial charge in [0, 0.05) is 0 Å². The van der Waals surface area contributed by atoms with Gasteiger partial charge in [-0.25, -0.2) is 0 Å². The molecule has 0 aromatic heterocycles. The fraction of sp³-hybridized carbons (Fsp3) is 0.700. The predicted octanol–water partition coefficient (Wildman–Crippen LogP) is 1.15. The Balaban J connectivity index is 4.02. The number of rotatable bonds is 3. The number of hydrogen-bond acceptors (Lipinski definition) is 3. The van der Waals surface area contributed by atoms with Crippen molar-refractivity contribution in [1.82, 2.24) is 0 Å². The van der Waals surface area contributed by atoms with Gasteiger partial charge in [0.1, 0.15) is 8.07 Å². The Morgan fingerprint density at radius 3 is 2.50 bits per heavy atom. The fourth-order valence-electron chi connectivity index (χ4n) is 0.760. The third kappa shape index (κ3) is 7.84. The van der Waals surface area contributed by atoms with Crippen LogP contribution in [0.2, 0.25) is 19.6 Å². The largest absolute Gasteiger partial charge is 0.466 e. The third-order valence-electron chi connectivity index (χ3n) is 1.32. The second kappa shape index (κ2) is 5.84. The van der Waals surface area contributed by atoms with E-state index in [0.717, 1.165) is 0 Å². The summed E-state index contributed by atoms with van der Waals surface area (Å²) in [5.74, 6) is 2.63. The number of esters is 1. The zero-order valence-electron chi connectivity index (χ0n) is 9.39. The van der Waals surface area contributed by atoms with E-state index >= 15 is 0 Å². The van der Waals surface area contributed by atoms with E-state index in [-0.39, 0.29) is 18.4 Å². The van der Waals surface area contributed by atoms with Crippen LogP contribution in [0.15, 0.2) is 0 Å². The van der Waals surface area contributed by atoms with Crippen LogP contribution in [-0.2, 0) is 9.53 Å². The maximum Gasteiger partial charge on any atom is 0.308 e. The zero-order chi connectivity index (χ0) is 11.2. The summed E-state index contributed by atoms with van der Waals surface area (Å²) < 4.78 is 4.77. The predicted molar refractivity (Wildman–Crippen MR) is 60.3 cm³/mol. The highest BCUT2D eigenvalue weighted by atomic mass is 28.3. The summed E-state index contributed by atoms with van der Waals surface area (Å²) in [6.45, 7) is 8.58. The molecule has 0 aromatic carbocycles. The van der Waals surface area contributed by atoms with Gasteiger partial charge in [0.2, 0.25) is 0 Å². The fourth-order valence-corrected chi connectivity index (χ4v) is 1.38. The molecule has 14 heavy (non-hydrogen) atoms. The average molecular weight is 213 g/mol. The highest BCUT2D eigenvalue weighted by molar-refractivity contribution is 6.83. The van der Waals surface area contributed by atoms with Crippen LogP contribution in [0, 0.1) is 11.5 Å². The van der Waals surface area contributed by atoms with Crippen LogP contribution in [0.1, 0.15) is 13.3 Å². The summed E-state index contributed by atoms with van der Waals surface area (Å²) in [6, 6.07) is -0.388. The molecule has 80 valence electrons. The average Bonchev–Trinajstić information content (AvgIpc) is 2.00. The first kappa shape index (κ1) is 13.2. The topological polar surface area (TPSA) is 52.3 Å². The minimum absolute atomic E-state index is 0.186. The summed E-state index contributed by atoms with van der Waals surface area (Å²) in [7, 11) is -1.38. The minimum atomic E-state index is -1.38. The van der Waals surface area contributed by atoms with Crippen molar-refractivity contribution >= 4 is 14.0 Å². The van der Waals surface area contributed by atoms with Gasteiger partial charge in [-0.1, -0.05) is 25.6 Å². The van der Waals surface area contributed by atoms with Crippen molar-refractivity contribution in [2.24, 2.45) is 5.73 Å². The maximum absolute atomic E-state index is 11.0. The van der Waals surface area contributed by atoms with E-state index in [1.165, 1.54) is 0 Å². The Morgan fingerprint density at radius 1 is 1.50 bits per heavy atom. The van der Waals surface area contributed by atoms with Crippen LogP contribution in [-0.4, -0.2) is 26.7 Å². The zero-order valence-corrected chi connectivity index (χ0v) is 10.4. The monoisotopic (exact) mass is 213 g/mol. The van der Waals surface area contributed by atoms with Gasteiger partial charge in [-0.3, -0.25) is 4.79 Å². The van der Waals surface area contributed by atoms with Gasteiger partial charge in [0.15, 0.2) is 0 Å². The Labute approximate surface area is 87.0 Å². The van der Waals surface area contributed by atoms with Crippen LogP contribution in [0.25, 0.3) is 0 Å². The maximum atomic E-state index is 11.0. The first-order valence-electron chi connectivity index (χ1n) is 4.79. The lowest BCUT2D eigenvalue weighted by Gasteiger charge is -2.07. The van der Waals surface area contributed by atoms with E-state index in [0.29, 0.717) is 6.61 Å². The van der Waals surface area contributed by atoms with Gasteiger partial charge in [-0.05, 0) is 6.92 Å². The number of nitrogens with two attached hydrogens (primary N) is 1. The van der Waals surface area contributed by atoms with Gasteiger partial charge in [0.25, 0.3) is 0 Å². The molecule has 1 unspecified atom stereocenters. The molecule has 0 saturated heterocycles. The van der Waals surface area contributed by atoms with Crippen LogP contribution in [0.5, 0.6) is 0 Å². The summed E-state index contributed by atoms with van der Waals surface area (Å²) in [4.78, 5) is 11.0. The Hall–Kier alpha value is -0.793. The summed E-state index contributed by atoms with van der Waals surface area (Å²) in [6.07, 6.45) is 0.186. The van der Waals surface area contributed by atoms with Crippen molar-refractivity contribution in [2.45, 2.75) is 39.0 Å². The number of hydrogen-bond donors (Lipinski definition) is 1. The molecule has 0 spiro atoms. The molecule has 0 radical (unpaired) electrons. The van der Waals surface area contributed by atoms with E-state index in [9.17, 15) is 4.79 Å². The van der Waals surface area contributed by atoms with Gasteiger partial charge in [-0.2, -0.15) is 0 Å². The molecule has 0 heterocycles. The lowest BCUT2D eigenvalue weighted by Crippen LogP contribution is -2.25. The number of carbonyl (C=O) groups excluding carboxylic acids is 1. The SMILES string of the molecule is CCOC(=O)CC(N)C#C[Si](C)(C)C. The first-order valence-corrected chi connectivity index (χ1v) is 8.29. The highest BCUT2D eigenvalue weighted by Crippen LogP contribution is 1.97. The van der Waals surface area contributed by atoms with Crippen molar-refractivity contribution in [2.75, 3.05) is 6.61 Å².